The Labute approximate surface area is 117 Å². The topological polar surface area (TPSA) is 63.6 Å². The fourth-order valence-electron chi connectivity index (χ4n) is 2.02. The van der Waals surface area contributed by atoms with Crippen LogP contribution in [-0.4, -0.2) is 29.9 Å². The number of carbonyl (C=O) groups excluding carboxylic acids is 2. The van der Waals surface area contributed by atoms with E-state index in [0.717, 1.165) is 11.3 Å². The molecule has 1 atom stereocenters. The summed E-state index contributed by atoms with van der Waals surface area (Å²) in [4.78, 5) is 23.1. The second-order valence-corrected chi connectivity index (χ2v) is 4.59. The number of ether oxygens (including phenoxy) is 1. The van der Waals surface area contributed by atoms with Gasteiger partial charge in [0.1, 0.15) is 11.5 Å². The molecule has 0 spiro atoms. The summed E-state index contributed by atoms with van der Waals surface area (Å²) in [6, 6.07) is 7.27. The maximum atomic E-state index is 12.0. The summed E-state index contributed by atoms with van der Waals surface area (Å²) >= 11 is 0. The van der Waals surface area contributed by atoms with Gasteiger partial charge in [0.25, 0.3) is 0 Å². The molecule has 1 N–H and O–H groups in total. The fourth-order valence-corrected chi connectivity index (χ4v) is 2.02. The third-order valence-corrected chi connectivity index (χ3v) is 3.16. The van der Waals surface area contributed by atoms with Crippen LogP contribution >= 0.6 is 0 Å². The van der Waals surface area contributed by atoms with Gasteiger partial charge in [-0.25, -0.2) is 0 Å². The number of rotatable bonds is 4. The van der Waals surface area contributed by atoms with Crippen molar-refractivity contribution in [3.05, 3.63) is 47.6 Å². The van der Waals surface area contributed by atoms with Crippen LogP contribution < -0.4 is 4.74 Å². The summed E-state index contributed by atoms with van der Waals surface area (Å²) in [5.74, 6) is 0.436. The van der Waals surface area contributed by atoms with Crippen LogP contribution in [0.2, 0.25) is 0 Å². The van der Waals surface area contributed by atoms with Crippen molar-refractivity contribution in [2.45, 2.75) is 18.9 Å². The predicted molar refractivity (Wildman–Crippen MR) is 75.4 cm³/mol. The summed E-state index contributed by atoms with van der Waals surface area (Å²) in [5, 5.41) is 9.71. The highest BCUT2D eigenvalue weighted by Gasteiger charge is 2.23. The second kappa shape index (κ2) is 6.30. The maximum Gasteiger partial charge on any atom is 0.184 e. The molecule has 0 saturated carbocycles. The van der Waals surface area contributed by atoms with Gasteiger partial charge in [0.05, 0.1) is 13.2 Å². The number of Topliss-reactive ketones (excluding diaryl/α,β-unsaturated/α-hetero) is 1. The molecule has 0 heterocycles. The Morgan fingerprint density at radius 1 is 1.35 bits per heavy atom. The van der Waals surface area contributed by atoms with Crippen LogP contribution in [0.25, 0.3) is 6.08 Å². The molecule has 0 aromatic heterocycles. The van der Waals surface area contributed by atoms with E-state index in [1.807, 2.05) is 12.1 Å². The number of aliphatic hydroxyl groups excluding tert-OH is 1. The minimum Gasteiger partial charge on any atom is -0.497 e. The molecule has 1 aliphatic rings. The van der Waals surface area contributed by atoms with Crippen LogP contribution in [0, 0.1) is 0 Å². The predicted octanol–water partition coefficient (Wildman–Crippen LogP) is 1.93. The zero-order valence-corrected chi connectivity index (χ0v) is 11.2. The summed E-state index contributed by atoms with van der Waals surface area (Å²) in [7, 11) is 1.59. The summed E-state index contributed by atoms with van der Waals surface area (Å²) < 4.78 is 5.05. The van der Waals surface area contributed by atoms with Crippen molar-refractivity contribution in [2.75, 3.05) is 7.11 Å². The van der Waals surface area contributed by atoms with Gasteiger partial charge in [-0.2, -0.15) is 0 Å². The van der Waals surface area contributed by atoms with E-state index in [9.17, 15) is 14.7 Å². The minimum atomic E-state index is -0.982. The fraction of sp³-hybridized carbons (Fsp3) is 0.250. The third-order valence-electron chi connectivity index (χ3n) is 3.16. The van der Waals surface area contributed by atoms with Gasteiger partial charge in [-0.1, -0.05) is 24.3 Å². The largest absolute Gasteiger partial charge is 0.497 e. The molecule has 4 nitrogen and oxygen atoms in total. The van der Waals surface area contributed by atoms with Gasteiger partial charge in [0.15, 0.2) is 5.78 Å². The molecule has 20 heavy (non-hydrogen) atoms. The average Bonchev–Trinajstić information content (AvgIpc) is 2.45. The first-order valence-electron chi connectivity index (χ1n) is 6.36. The molecule has 0 bridgehead atoms. The molecular formula is C16H16O4. The first-order valence-corrected chi connectivity index (χ1v) is 6.36. The lowest BCUT2D eigenvalue weighted by molar-refractivity contribution is -0.120. The summed E-state index contributed by atoms with van der Waals surface area (Å²) in [5.41, 5.74) is 1.16. The quantitative estimate of drug-likeness (QED) is 0.851. The number of methoxy groups -OCH3 is 1. The van der Waals surface area contributed by atoms with Crippen molar-refractivity contribution < 1.29 is 19.4 Å². The monoisotopic (exact) mass is 272 g/mol. The van der Waals surface area contributed by atoms with Crippen molar-refractivity contribution in [1.29, 1.82) is 0 Å². The normalized spacial score (nSPS) is 19.0. The zero-order valence-electron chi connectivity index (χ0n) is 11.2. The molecule has 0 radical (unpaired) electrons. The number of hydrogen-bond acceptors (Lipinski definition) is 4. The van der Waals surface area contributed by atoms with Gasteiger partial charge in [0, 0.05) is 18.4 Å². The highest BCUT2D eigenvalue weighted by atomic mass is 16.5. The van der Waals surface area contributed by atoms with E-state index >= 15 is 0 Å². The van der Waals surface area contributed by atoms with Crippen molar-refractivity contribution in [3.63, 3.8) is 0 Å². The van der Waals surface area contributed by atoms with Crippen molar-refractivity contribution in [1.82, 2.24) is 0 Å². The number of carbonyl (C=O) groups is 2. The first kappa shape index (κ1) is 14.2. The number of hydrogen-bond donors (Lipinski definition) is 1. The maximum absolute atomic E-state index is 12.0. The Balaban J connectivity index is 2.06. The van der Waals surface area contributed by atoms with Gasteiger partial charge in [-0.15, -0.1) is 0 Å². The molecule has 0 amide bonds. The lowest BCUT2D eigenvalue weighted by Crippen LogP contribution is -2.24. The van der Waals surface area contributed by atoms with Gasteiger partial charge >= 0.3 is 0 Å². The molecular weight excluding hydrogens is 256 g/mol. The Hall–Kier alpha value is -2.20. The van der Waals surface area contributed by atoms with E-state index in [1.54, 1.807) is 25.3 Å². The Bertz CT molecular complexity index is 567. The average molecular weight is 272 g/mol. The van der Waals surface area contributed by atoms with E-state index in [2.05, 4.69) is 0 Å². The van der Waals surface area contributed by atoms with Crippen LogP contribution in [-0.2, 0) is 9.59 Å². The molecule has 4 heteroatoms. The van der Waals surface area contributed by atoms with E-state index in [-0.39, 0.29) is 24.4 Å². The molecule has 1 aliphatic carbocycles. The minimum absolute atomic E-state index is 0.0218. The van der Waals surface area contributed by atoms with Crippen molar-refractivity contribution in [2.24, 2.45) is 0 Å². The van der Waals surface area contributed by atoms with Crippen LogP contribution in [0.5, 0.6) is 5.75 Å². The van der Waals surface area contributed by atoms with E-state index in [0.29, 0.717) is 5.57 Å². The van der Waals surface area contributed by atoms with Gasteiger partial charge < -0.3 is 9.84 Å². The molecule has 0 saturated heterocycles. The van der Waals surface area contributed by atoms with Crippen LogP contribution in [0.15, 0.2) is 42.0 Å². The molecule has 0 fully saturated rings. The molecule has 0 aliphatic heterocycles. The lowest BCUT2D eigenvalue weighted by Gasteiger charge is -2.16. The SMILES string of the molecule is COc1ccc(C=CC(=O)C2=CCC(=O)CC2O)cc1. The van der Waals surface area contributed by atoms with Crippen molar-refractivity contribution in [3.8, 4) is 5.75 Å². The van der Waals surface area contributed by atoms with Crippen molar-refractivity contribution >= 4 is 17.6 Å². The van der Waals surface area contributed by atoms with Crippen LogP contribution in [0.4, 0.5) is 0 Å². The number of ketones is 2. The Morgan fingerprint density at radius 3 is 2.65 bits per heavy atom. The Morgan fingerprint density at radius 2 is 2.05 bits per heavy atom. The number of allylic oxidation sites excluding steroid dienone is 2. The summed E-state index contributed by atoms with van der Waals surface area (Å²) in [6.07, 6.45) is 3.85. The highest BCUT2D eigenvalue weighted by molar-refractivity contribution is 6.08. The molecule has 2 rings (SSSR count). The van der Waals surface area contributed by atoms with E-state index < -0.39 is 6.10 Å². The van der Waals surface area contributed by atoms with Crippen LogP contribution in [0.1, 0.15) is 18.4 Å². The molecule has 1 unspecified atom stereocenters. The Kier molecular flexibility index (Phi) is 4.48. The van der Waals surface area contributed by atoms with E-state index in [1.165, 1.54) is 12.2 Å². The number of benzene rings is 1. The standard InChI is InChI=1S/C16H16O4/c1-20-13-6-2-11(3-7-13)4-9-15(18)14-8-5-12(17)10-16(14)19/h2-4,6-9,16,19H,5,10H2,1H3. The van der Waals surface area contributed by atoms with Gasteiger partial charge in [-0.3, -0.25) is 9.59 Å². The van der Waals surface area contributed by atoms with Gasteiger partial charge in [0.2, 0.25) is 0 Å². The molecule has 104 valence electrons. The van der Waals surface area contributed by atoms with Crippen LogP contribution in [0.3, 0.4) is 0 Å². The second-order valence-electron chi connectivity index (χ2n) is 4.59. The van der Waals surface area contributed by atoms with E-state index in [4.69, 9.17) is 4.74 Å². The molecule has 1 aromatic rings. The zero-order chi connectivity index (χ0) is 14.5. The third kappa shape index (κ3) is 3.42. The number of aliphatic hydroxyl groups is 1. The highest BCUT2D eigenvalue weighted by Crippen LogP contribution is 2.18. The smallest absolute Gasteiger partial charge is 0.184 e. The molecule has 1 aromatic carbocycles. The first-order chi connectivity index (χ1) is 9.60. The van der Waals surface area contributed by atoms with Gasteiger partial charge in [-0.05, 0) is 23.8 Å². The lowest BCUT2D eigenvalue weighted by atomic mass is 9.92. The summed E-state index contributed by atoms with van der Waals surface area (Å²) in [6.45, 7) is 0.